The second-order valence-corrected chi connectivity index (χ2v) is 15.0. The minimum atomic E-state index is -0.0676. The van der Waals surface area contributed by atoms with Crippen LogP contribution in [0, 0.1) is 13.8 Å². The summed E-state index contributed by atoms with van der Waals surface area (Å²) in [6, 6.07) is 8.13. The lowest BCUT2D eigenvalue weighted by Gasteiger charge is -2.39. The lowest BCUT2D eigenvalue weighted by molar-refractivity contribution is 0.311. The molecule has 0 bridgehead atoms. The molecule has 0 aromatic carbocycles. The van der Waals surface area contributed by atoms with E-state index in [1.807, 2.05) is 24.3 Å². The Morgan fingerprint density at radius 1 is 0.405 bits per heavy atom. The van der Waals surface area contributed by atoms with Crippen LogP contribution in [-0.2, 0) is 21.7 Å². The van der Waals surface area contributed by atoms with Gasteiger partial charge in [-0.2, -0.15) is 10.2 Å². The fourth-order valence-electron chi connectivity index (χ4n) is 6.27. The van der Waals surface area contributed by atoms with Crippen molar-refractivity contribution in [2.75, 3.05) is 0 Å². The standard InChI is InChI=1S/C34H42N8/c1-19-15-21(35-23(17-19)29-37-25-27(39-41-29)33(7,8)13-11-31(25,3)4)22-16-20(2)18-24(36-22)30-38-26-28(40-42-30)34(9,10)14-12-32(26,5)6/h15-18H,11-14H2,1-10H3. The van der Waals surface area contributed by atoms with Crippen LogP contribution in [0.4, 0.5) is 0 Å². The third kappa shape index (κ3) is 4.88. The molecule has 0 atom stereocenters. The first-order valence-electron chi connectivity index (χ1n) is 15.1. The maximum absolute atomic E-state index is 5.07. The molecule has 0 spiro atoms. The van der Waals surface area contributed by atoms with Gasteiger partial charge < -0.3 is 0 Å². The van der Waals surface area contributed by atoms with Crippen LogP contribution < -0.4 is 0 Å². The van der Waals surface area contributed by atoms with Crippen LogP contribution in [0.2, 0.25) is 0 Å². The molecule has 4 aromatic heterocycles. The number of pyridine rings is 2. The van der Waals surface area contributed by atoms with E-state index >= 15 is 0 Å². The van der Waals surface area contributed by atoms with Gasteiger partial charge >= 0.3 is 0 Å². The van der Waals surface area contributed by atoms with E-state index in [-0.39, 0.29) is 21.7 Å². The highest BCUT2D eigenvalue weighted by Gasteiger charge is 2.41. The van der Waals surface area contributed by atoms with Crippen molar-refractivity contribution in [2.45, 2.75) is 117 Å². The molecule has 0 aliphatic heterocycles. The number of nitrogens with zero attached hydrogens (tertiary/aromatic N) is 8. The van der Waals surface area contributed by atoms with Crippen molar-refractivity contribution >= 4 is 0 Å². The van der Waals surface area contributed by atoms with E-state index in [9.17, 15) is 0 Å². The molecule has 218 valence electrons. The molecule has 8 heteroatoms. The zero-order valence-corrected chi connectivity index (χ0v) is 26.7. The molecule has 4 heterocycles. The molecule has 4 aromatic rings. The van der Waals surface area contributed by atoms with E-state index in [1.54, 1.807) is 0 Å². The van der Waals surface area contributed by atoms with Crippen LogP contribution >= 0.6 is 0 Å². The first kappa shape index (κ1) is 28.4. The molecule has 6 rings (SSSR count). The zero-order chi connectivity index (χ0) is 30.2. The summed E-state index contributed by atoms with van der Waals surface area (Å²) < 4.78 is 0. The van der Waals surface area contributed by atoms with Crippen LogP contribution in [0.3, 0.4) is 0 Å². The van der Waals surface area contributed by atoms with Gasteiger partial charge in [-0.3, -0.25) is 0 Å². The Labute approximate surface area is 249 Å². The van der Waals surface area contributed by atoms with Crippen molar-refractivity contribution in [1.82, 2.24) is 40.3 Å². The molecule has 0 saturated heterocycles. The smallest absolute Gasteiger partial charge is 0.200 e. The second-order valence-electron chi connectivity index (χ2n) is 15.0. The largest absolute Gasteiger partial charge is 0.243 e. The van der Waals surface area contributed by atoms with Crippen molar-refractivity contribution in [3.63, 3.8) is 0 Å². The van der Waals surface area contributed by atoms with E-state index in [2.05, 4.69) is 79.4 Å². The number of aryl methyl sites for hydroxylation is 2. The molecule has 8 nitrogen and oxygen atoms in total. The summed E-state index contributed by atoms with van der Waals surface area (Å²) in [5, 5.41) is 18.6. The van der Waals surface area contributed by atoms with Gasteiger partial charge in [-0.05, 0) is 74.9 Å². The summed E-state index contributed by atoms with van der Waals surface area (Å²) in [4.78, 5) is 20.2. The first-order chi connectivity index (χ1) is 19.6. The predicted molar refractivity (Wildman–Crippen MR) is 165 cm³/mol. The summed E-state index contributed by atoms with van der Waals surface area (Å²) in [5.41, 5.74) is 8.80. The van der Waals surface area contributed by atoms with Crippen LogP contribution in [-0.4, -0.2) is 40.3 Å². The van der Waals surface area contributed by atoms with Crippen LogP contribution in [0.1, 0.15) is 115 Å². The molecule has 0 amide bonds. The van der Waals surface area contributed by atoms with E-state index < -0.39 is 0 Å². The average molecular weight is 563 g/mol. The van der Waals surface area contributed by atoms with Crippen molar-refractivity contribution in [2.24, 2.45) is 0 Å². The second kappa shape index (κ2) is 9.41. The number of fused-ring (bicyclic) bond motifs is 2. The highest BCUT2D eigenvalue weighted by atomic mass is 15.2. The number of aromatic nitrogens is 8. The highest BCUT2D eigenvalue weighted by molar-refractivity contribution is 5.65. The zero-order valence-electron chi connectivity index (χ0n) is 26.7. The van der Waals surface area contributed by atoms with E-state index in [4.69, 9.17) is 30.1 Å². The fraction of sp³-hybridized carbons (Fsp3) is 0.529. The minimum absolute atomic E-state index is 0.0466. The predicted octanol–water partition coefficient (Wildman–Crippen LogP) is 7.16. The van der Waals surface area contributed by atoms with Gasteiger partial charge in [0.05, 0.1) is 34.2 Å². The Kier molecular flexibility index (Phi) is 6.37. The molecule has 0 N–H and O–H groups in total. The van der Waals surface area contributed by atoms with Gasteiger partial charge in [-0.1, -0.05) is 55.4 Å². The van der Waals surface area contributed by atoms with Crippen molar-refractivity contribution in [3.05, 3.63) is 58.2 Å². The number of hydrogen-bond donors (Lipinski definition) is 0. The lowest BCUT2D eigenvalue weighted by Crippen LogP contribution is -2.36. The normalized spacial score (nSPS) is 19.6. The first-order valence-corrected chi connectivity index (χ1v) is 15.1. The molecule has 0 unspecified atom stereocenters. The van der Waals surface area contributed by atoms with Gasteiger partial charge in [0.15, 0.2) is 0 Å². The molecule has 0 saturated carbocycles. The molecule has 2 aliphatic rings. The minimum Gasteiger partial charge on any atom is -0.243 e. The highest BCUT2D eigenvalue weighted by Crippen LogP contribution is 2.45. The van der Waals surface area contributed by atoms with Gasteiger partial charge in [0.25, 0.3) is 0 Å². The summed E-state index contributed by atoms with van der Waals surface area (Å²) in [6.45, 7) is 22.0. The summed E-state index contributed by atoms with van der Waals surface area (Å²) in [6.07, 6.45) is 4.25. The Bertz CT molecular complexity index is 1590. The Hall–Kier alpha value is -3.68. The molecular formula is C34H42N8. The Balaban J connectivity index is 1.43. The van der Waals surface area contributed by atoms with Gasteiger partial charge in [0.2, 0.25) is 11.6 Å². The van der Waals surface area contributed by atoms with Crippen LogP contribution in [0.15, 0.2) is 24.3 Å². The summed E-state index contributed by atoms with van der Waals surface area (Å²) in [7, 11) is 0. The van der Waals surface area contributed by atoms with Crippen molar-refractivity contribution in [3.8, 4) is 34.4 Å². The third-order valence-electron chi connectivity index (χ3n) is 9.35. The van der Waals surface area contributed by atoms with Gasteiger partial charge in [0.1, 0.15) is 11.4 Å². The monoisotopic (exact) mass is 562 g/mol. The topological polar surface area (TPSA) is 103 Å². The average Bonchev–Trinajstić information content (AvgIpc) is 2.93. The van der Waals surface area contributed by atoms with Gasteiger partial charge in [-0.25, -0.2) is 19.9 Å². The molecule has 2 aliphatic carbocycles. The third-order valence-corrected chi connectivity index (χ3v) is 9.35. The number of hydrogen-bond acceptors (Lipinski definition) is 8. The molecule has 0 fully saturated rings. The van der Waals surface area contributed by atoms with Crippen molar-refractivity contribution in [1.29, 1.82) is 0 Å². The van der Waals surface area contributed by atoms with Crippen molar-refractivity contribution < 1.29 is 0 Å². The van der Waals surface area contributed by atoms with Gasteiger partial charge in [-0.15, -0.1) is 10.2 Å². The Morgan fingerprint density at radius 2 is 0.714 bits per heavy atom. The molecular weight excluding hydrogens is 520 g/mol. The van der Waals surface area contributed by atoms with E-state index in [0.29, 0.717) is 23.0 Å². The maximum Gasteiger partial charge on any atom is 0.200 e. The van der Waals surface area contributed by atoms with Gasteiger partial charge in [0, 0.05) is 21.7 Å². The SMILES string of the molecule is Cc1cc(-c2cc(C)cc(-c3nnc4c(n3)C(C)(C)CCC4(C)C)n2)nc(-c2nnc3c(n2)C(C)(C)CCC3(C)C)c1. The Morgan fingerprint density at radius 3 is 1.07 bits per heavy atom. The quantitative estimate of drug-likeness (QED) is 0.259. The number of rotatable bonds is 3. The molecule has 0 radical (unpaired) electrons. The lowest BCUT2D eigenvalue weighted by atomic mass is 9.67. The van der Waals surface area contributed by atoms with E-state index in [1.165, 1.54) is 0 Å². The maximum atomic E-state index is 5.07. The van der Waals surface area contributed by atoms with Crippen LogP contribution in [0.5, 0.6) is 0 Å². The summed E-state index contributed by atoms with van der Waals surface area (Å²) >= 11 is 0. The molecule has 42 heavy (non-hydrogen) atoms. The van der Waals surface area contributed by atoms with E-state index in [0.717, 1.165) is 71.0 Å². The summed E-state index contributed by atoms with van der Waals surface area (Å²) in [5.74, 6) is 1.09. The fourth-order valence-corrected chi connectivity index (χ4v) is 6.27. The van der Waals surface area contributed by atoms with Crippen LogP contribution in [0.25, 0.3) is 34.4 Å².